The van der Waals surface area contributed by atoms with Crippen molar-refractivity contribution in [3.63, 3.8) is 0 Å². The van der Waals surface area contributed by atoms with Crippen LogP contribution in [0.4, 0.5) is 0 Å². The van der Waals surface area contributed by atoms with Gasteiger partial charge in [0.15, 0.2) is 0 Å². The first kappa shape index (κ1) is 15.2. The van der Waals surface area contributed by atoms with E-state index in [9.17, 15) is 4.79 Å². The van der Waals surface area contributed by atoms with Gasteiger partial charge in [0.05, 0.1) is 5.52 Å². The summed E-state index contributed by atoms with van der Waals surface area (Å²) in [5, 5.41) is 1.06. The quantitative estimate of drug-likeness (QED) is 0.637. The Morgan fingerprint density at radius 1 is 0.957 bits per heavy atom. The van der Waals surface area contributed by atoms with Crippen LogP contribution in [0.2, 0.25) is 0 Å². The number of carbonyl (C=O) groups excluding carboxylic acids is 1. The predicted octanol–water partition coefficient (Wildman–Crippen LogP) is 4.30. The average Bonchev–Trinajstić information content (AvgIpc) is 2.61. The Kier molecular flexibility index (Phi) is 4.99. The van der Waals surface area contributed by atoms with Crippen LogP contribution < -0.4 is 0 Å². The molecule has 0 spiro atoms. The molecule has 0 fully saturated rings. The molecule has 0 radical (unpaired) electrons. The third kappa shape index (κ3) is 4.16. The number of aryl methyl sites for hydroxylation is 1. The summed E-state index contributed by atoms with van der Waals surface area (Å²) in [5.41, 5.74) is 3.09. The van der Waals surface area contributed by atoms with Gasteiger partial charge in [0, 0.05) is 23.6 Å². The van der Waals surface area contributed by atoms with Crippen molar-refractivity contribution in [3.8, 4) is 0 Å². The highest BCUT2D eigenvalue weighted by Gasteiger charge is 2.06. The van der Waals surface area contributed by atoms with E-state index in [2.05, 4.69) is 17.1 Å². The van der Waals surface area contributed by atoms with Gasteiger partial charge in [-0.25, -0.2) is 0 Å². The van der Waals surface area contributed by atoms with Crippen molar-refractivity contribution in [2.45, 2.75) is 25.9 Å². The van der Waals surface area contributed by atoms with Gasteiger partial charge in [0.1, 0.15) is 6.61 Å². The third-order valence-corrected chi connectivity index (χ3v) is 3.79. The summed E-state index contributed by atoms with van der Waals surface area (Å²) in [6, 6.07) is 20.0. The van der Waals surface area contributed by atoms with Gasteiger partial charge in [-0.1, -0.05) is 54.6 Å². The highest BCUT2D eigenvalue weighted by Crippen LogP contribution is 2.17. The van der Waals surface area contributed by atoms with Crippen molar-refractivity contribution in [1.82, 2.24) is 4.98 Å². The summed E-state index contributed by atoms with van der Waals surface area (Å²) in [7, 11) is 0. The average molecular weight is 305 g/mol. The van der Waals surface area contributed by atoms with Gasteiger partial charge < -0.3 is 4.74 Å². The Morgan fingerprint density at radius 3 is 2.65 bits per heavy atom. The first-order valence-corrected chi connectivity index (χ1v) is 7.85. The lowest BCUT2D eigenvalue weighted by Crippen LogP contribution is -2.05. The van der Waals surface area contributed by atoms with E-state index in [1.807, 2.05) is 48.5 Å². The summed E-state index contributed by atoms with van der Waals surface area (Å²) >= 11 is 0. The summed E-state index contributed by atoms with van der Waals surface area (Å²) < 4.78 is 5.40. The van der Waals surface area contributed by atoms with Crippen LogP contribution >= 0.6 is 0 Å². The van der Waals surface area contributed by atoms with Crippen molar-refractivity contribution in [2.75, 3.05) is 0 Å². The van der Waals surface area contributed by atoms with Crippen LogP contribution in [-0.2, 0) is 22.6 Å². The van der Waals surface area contributed by atoms with Gasteiger partial charge in [-0.05, 0) is 24.5 Å². The Balaban J connectivity index is 1.50. The SMILES string of the molecule is O=C(CCCc1ccccc1)OCc1cccc2cccnc12. The van der Waals surface area contributed by atoms with Crippen molar-refractivity contribution >= 4 is 16.9 Å². The lowest BCUT2D eigenvalue weighted by molar-refractivity contribution is -0.145. The molecule has 1 heterocycles. The van der Waals surface area contributed by atoms with Crippen molar-refractivity contribution < 1.29 is 9.53 Å². The molecule has 1 aromatic heterocycles. The van der Waals surface area contributed by atoms with Crippen LogP contribution in [0.1, 0.15) is 24.0 Å². The highest BCUT2D eigenvalue weighted by atomic mass is 16.5. The summed E-state index contributed by atoms with van der Waals surface area (Å²) in [6.07, 6.45) is 3.89. The zero-order chi connectivity index (χ0) is 15.9. The molecule has 0 N–H and O–H groups in total. The van der Waals surface area contributed by atoms with Crippen LogP contribution in [0.25, 0.3) is 10.9 Å². The number of para-hydroxylation sites is 1. The van der Waals surface area contributed by atoms with E-state index < -0.39 is 0 Å². The number of fused-ring (bicyclic) bond motifs is 1. The predicted molar refractivity (Wildman–Crippen MR) is 90.9 cm³/mol. The second-order valence-electron chi connectivity index (χ2n) is 5.49. The lowest BCUT2D eigenvalue weighted by atomic mass is 10.1. The maximum atomic E-state index is 11.9. The van der Waals surface area contributed by atoms with Gasteiger partial charge in [-0.3, -0.25) is 9.78 Å². The molecule has 0 amide bonds. The van der Waals surface area contributed by atoms with Gasteiger partial charge >= 0.3 is 5.97 Å². The number of esters is 1. The van der Waals surface area contributed by atoms with Gasteiger partial charge in [-0.2, -0.15) is 0 Å². The molecule has 3 aromatic rings. The fraction of sp³-hybridized carbons (Fsp3) is 0.200. The topological polar surface area (TPSA) is 39.2 Å². The number of benzene rings is 2. The molecule has 0 aliphatic carbocycles. The molecule has 0 saturated carbocycles. The third-order valence-electron chi connectivity index (χ3n) is 3.79. The molecule has 23 heavy (non-hydrogen) atoms. The van der Waals surface area contributed by atoms with E-state index in [4.69, 9.17) is 4.74 Å². The van der Waals surface area contributed by atoms with Crippen LogP contribution in [0, 0.1) is 0 Å². The van der Waals surface area contributed by atoms with Crippen molar-refractivity contribution in [1.29, 1.82) is 0 Å². The second-order valence-corrected chi connectivity index (χ2v) is 5.49. The fourth-order valence-electron chi connectivity index (χ4n) is 2.60. The number of ether oxygens (including phenoxy) is 1. The van der Waals surface area contributed by atoms with Gasteiger partial charge in [-0.15, -0.1) is 0 Å². The zero-order valence-corrected chi connectivity index (χ0v) is 12.9. The molecule has 2 aromatic carbocycles. The first-order chi connectivity index (χ1) is 11.3. The largest absolute Gasteiger partial charge is 0.461 e. The molecular weight excluding hydrogens is 286 g/mol. The molecule has 0 atom stereocenters. The second kappa shape index (κ2) is 7.54. The van der Waals surface area contributed by atoms with Gasteiger partial charge in [0.25, 0.3) is 0 Å². The van der Waals surface area contributed by atoms with Gasteiger partial charge in [0.2, 0.25) is 0 Å². The fourth-order valence-corrected chi connectivity index (χ4v) is 2.60. The minimum atomic E-state index is -0.158. The Hall–Kier alpha value is -2.68. The van der Waals surface area contributed by atoms with Crippen LogP contribution in [0.15, 0.2) is 66.9 Å². The normalized spacial score (nSPS) is 10.6. The maximum Gasteiger partial charge on any atom is 0.306 e. The van der Waals surface area contributed by atoms with E-state index in [1.165, 1.54) is 5.56 Å². The number of hydrogen-bond acceptors (Lipinski definition) is 3. The first-order valence-electron chi connectivity index (χ1n) is 7.85. The van der Waals surface area contributed by atoms with Crippen molar-refractivity contribution in [3.05, 3.63) is 78.0 Å². The van der Waals surface area contributed by atoms with E-state index in [0.29, 0.717) is 6.42 Å². The smallest absolute Gasteiger partial charge is 0.306 e. The summed E-state index contributed by atoms with van der Waals surface area (Å²) in [5.74, 6) is -0.158. The van der Waals surface area contributed by atoms with E-state index in [-0.39, 0.29) is 12.6 Å². The molecule has 0 unspecified atom stereocenters. The van der Waals surface area contributed by atoms with Crippen molar-refractivity contribution in [2.24, 2.45) is 0 Å². The number of pyridine rings is 1. The standard InChI is InChI=1S/C20H19NO2/c22-19(13-4-9-16-7-2-1-3-8-16)23-15-18-11-5-10-17-12-6-14-21-20(17)18/h1-3,5-8,10-12,14H,4,9,13,15H2. The monoisotopic (exact) mass is 305 g/mol. The molecular formula is C20H19NO2. The molecule has 3 nitrogen and oxygen atoms in total. The summed E-state index contributed by atoms with van der Waals surface area (Å²) in [4.78, 5) is 16.3. The van der Waals surface area contributed by atoms with E-state index >= 15 is 0 Å². The highest BCUT2D eigenvalue weighted by molar-refractivity contribution is 5.81. The molecule has 0 saturated heterocycles. The summed E-state index contributed by atoms with van der Waals surface area (Å²) in [6.45, 7) is 0.276. The molecule has 116 valence electrons. The van der Waals surface area contributed by atoms with Crippen LogP contribution in [0.3, 0.4) is 0 Å². The number of hydrogen-bond donors (Lipinski definition) is 0. The Morgan fingerprint density at radius 2 is 1.78 bits per heavy atom. The number of aromatic nitrogens is 1. The molecule has 3 heteroatoms. The zero-order valence-electron chi connectivity index (χ0n) is 12.9. The van der Waals surface area contributed by atoms with Crippen LogP contribution in [-0.4, -0.2) is 11.0 Å². The van der Waals surface area contributed by atoms with Crippen LogP contribution in [0.5, 0.6) is 0 Å². The Bertz CT molecular complexity index is 779. The number of rotatable bonds is 6. The minimum Gasteiger partial charge on any atom is -0.461 e. The number of carbonyl (C=O) groups is 1. The number of nitrogens with zero attached hydrogens (tertiary/aromatic N) is 1. The van der Waals surface area contributed by atoms with E-state index in [0.717, 1.165) is 29.3 Å². The lowest BCUT2D eigenvalue weighted by Gasteiger charge is -2.07. The minimum absolute atomic E-state index is 0.158. The Labute approximate surface area is 135 Å². The maximum absolute atomic E-state index is 11.9. The molecule has 3 rings (SSSR count). The molecule has 0 aliphatic rings. The molecule has 0 aliphatic heterocycles. The molecule has 0 bridgehead atoms. The van der Waals surface area contributed by atoms with E-state index in [1.54, 1.807) is 6.20 Å².